The molecule has 0 spiro atoms. The standard InChI is InChI=1S/C6H13NO.ClH/c1-5-6(8-2)3-4-7-5;/h5-7H,3-4H2,1-2H3;1H. The van der Waals surface area contributed by atoms with Crippen LogP contribution in [0, 0.1) is 0 Å². The van der Waals surface area contributed by atoms with Gasteiger partial charge in [-0.25, -0.2) is 0 Å². The van der Waals surface area contributed by atoms with E-state index in [1.54, 1.807) is 7.11 Å². The zero-order chi connectivity index (χ0) is 5.98. The van der Waals surface area contributed by atoms with Crippen molar-refractivity contribution in [2.24, 2.45) is 0 Å². The number of methoxy groups -OCH3 is 1. The topological polar surface area (TPSA) is 21.3 Å². The zero-order valence-electron chi connectivity index (χ0n) is 5.89. The number of hydrogen-bond donors (Lipinski definition) is 1. The smallest absolute Gasteiger partial charge is 0.0733 e. The first-order valence-corrected chi connectivity index (χ1v) is 3.11. The van der Waals surface area contributed by atoms with E-state index in [-0.39, 0.29) is 12.4 Å². The van der Waals surface area contributed by atoms with Crippen LogP contribution < -0.4 is 5.32 Å². The first-order chi connectivity index (χ1) is 3.84. The summed E-state index contributed by atoms with van der Waals surface area (Å²) < 4.78 is 5.16. The van der Waals surface area contributed by atoms with Crippen molar-refractivity contribution >= 4 is 12.4 Å². The lowest BCUT2D eigenvalue weighted by Crippen LogP contribution is -2.27. The van der Waals surface area contributed by atoms with Gasteiger partial charge in [0.05, 0.1) is 6.10 Å². The molecule has 0 radical (unpaired) electrons. The van der Waals surface area contributed by atoms with Crippen molar-refractivity contribution in [1.29, 1.82) is 0 Å². The molecular weight excluding hydrogens is 138 g/mol. The third-order valence-corrected chi connectivity index (χ3v) is 1.76. The highest BCUT2D eigenvalue weighted by molar-refractivity contribution is 5.85. The predicted molar refractivity (Wildman–Crippen MR) is 40.1 cm³/mol. The number of nitrogens with one attached hydrogen (secondary N) is 1. The fourth-order valence-electron chi connectivity index (χ4n) is 1.16. The molecule has 1 aliphatic rings. The van der Waals surface area contributed by atoms with Crippen molar-refractivity contribution in [2.75, 3.05) is 13.7 Å². The first kappa shape index (κ1) is 9.21. The van der Waals surface area contributed by atoms with Crippen molar-refractivity contribution in [2.45, 2.75) is 25.5 Å². The Bertz CT molecular complexity index is 79.5. The summed E-state index contributed by atoms with van der Waals surface area (Å²) in [6.07, 6.45) is 1.62. The van der Waals surface area contributed by atoms with Gasteiger partial charge in [0.2, 0.25) is 0 Å². The lowest BCUT2D eigenvalue weighted by atomic mass is 10.2. The predicted octanol–water partition coefficient (Wildman–Crippen LogP) is 0.805. The van der Waals surface area contributed by atoms with Crippen LogP contribution in [0.2, 0.25) is 0 Å². The summed E-state index contributed by atoms with van der Waals surface area (Å²) in [7, 11) is 1.77. The SMILES string of the molecule is COC1CCNC1C.Cl. The average molecular weight is 152 g/mol. The maximum Gasteiger partial charge on any atom is 0.0733 e. The molecule has 3 heteroatoms. The summed E-state index contributed by atoms with van der Waals surface area (Å²) in [5.41, 5.74) is 0. The van der Waals surface area contributed by atoms with Gasteiger partial charge in [-0.2, -0.15) is 0 Å². The monoisotopic (exact) mass is 151 g/mol. The Morgan fingerprint density at radius 2 is 2.22 bits per heavy atom. The van der Waals surface area contributed by atoms with Crippen LogP contribution in [0.1, 0.15) is 13.3 Å². The van der Waals surface area contributed by atoms with Crippen molar-refractivity contribution in [3.8, 4) is 0 Å². The molecule has 2 atom stereocenters. The maximum atomic E-state index is 5.16. The fraction of sp³-hybridized carbons (Fsp3) is 1.00. The number of halogens is 1. The summed E-state index contributed by atoms with van der Waals surface area (Å²) in [5, 5.41) is 3.30. The molecule has 1 aliphatic heterocycles. The quantitative estimate of drug-likeness (QED) is 0.599. The summed E-state index contributed by atoms with van der Waals surface area (Å²) >= 11 is 0. The van der Waals surface area contributed by atoms with E-state index >= 15 is 0 Å². The van der Waals surface area contributed by atoms with Gasteiger partial charge in [0, 0.05) is 13.2 Å². The molecule has 1 heterocycles. The number of rotatable bonds is 1. The average Bonchev–Trinajstić information content (AvgIpc) is 2.14. The van der Waals surface area contributed by atoms with E-state index in [1.807, 2.05) is 0 Å². The lowest BCUT2D eigenvalue weighted by molar-refractivity contribution is 0.0968. The second-order valence-electron chi connectivity index (χ2n) is 2.31. The van der Waals surface area contributed by atoms with Gasteiger partial charge in [-0.3, -0.25) is 0 Å². The highest BCUT2D eigenvalue weighted by atomic mass is 35.5. The molecule has 0 aromatic carbocycles. The minimum absolute atomic E-state index is 0. The lowest BCUT2D eigenvalue weighted by Gasteiger charge is -2.11. The third kappa shape index (κ3) is 2.12. The molecule has 1 fully saturated rings. The van der Waals surface area contributed by atoms with Gasteiger partial charge in [-0.1, -0.05) is 0 Å². The van der Waals surface area contributed by atoms with Gasteiger partial charge < -0.3 is 10.1 Å². The van der Waals surface area contributed by atoms with Gasteiger partial charge in [0.15, 0.2) is 0 Å². The normalized spacial score (nSPS) is 34.0. The highest BCUT2D eigenvalue weighted by Crippen LogP contribution is 2.08. The Labute approximate surface area is 62.4 Å². The molecule has 2 unspecified atom stereocenters. The van der Waals surface area contributed by atoms with Crippen LogP contribution in [-0.2, 0) is 4.74 Å². The fourth-order valence-corrected chi connectivity index (χ4v) is 1.16. The molecular formula is C6H14ClNO. The Morgan fingerprint density at radius 3 is 2.44 bits per heavy atom. The molecule has 1 rings (SSSR count). The van der Waals surface area contributed by atoms with E-state index in [1.165, 1.54) is 0 Å². The molecule has 0 bridgehead atoms. The van der Waals surface area contributed by atoms with E-state index in [0.29, 0.717) is 12.1 Å². The second kappa shape index (κ2) is 4.09. The van der Waals surface area contributed by atoms with Crippen LogP contribution in [0.25, 0.3) is 0 Å². The second-order valence-corrected chi connectivity index (χ2v) is 2.31. The van der Waals surface area contributed by atoms with E-state index in [2.05, 4.69) is 12.2 Å². The van der Waals surface area contributed by atoms with Crippen LogP contribution in [0.15, 0.2) is 0 Å². The van der Waals surface area contributed by atoms with E-state index in [9.17, 15) is 0 Å². The van der Waals surface area contributed by atoms with Crippen molar-refractivity contribution in [1.82, 2.24) is 5.32 Å². The highest BCUT2D eigenvalue weighted by Gasteiger charge is 2.21. The summed E-state index contributed by atoms with van der Waals surface area (Å²) in [6, 6.07) is 0.556. The molecule has 56 valence electrons. The minimum atomic E-state index is 0. The molecule has 2 nitrogen and oxygen atoms in total. The number of ether oxygens (including phenoxy) is 1. The van der Waals surface area contributed by atoms with Gasteiger partial charge in [0.25, 0.3) is 0 Å². The molecule has 0 amide bonds. The van der Waals surface area contributed by atoms with Crippen LogP contribution >= 0.6 is 12.4 Å². The molecule has 0 aliphatic carbocycles. The van der Waals surface area contributed by atoms with Crippen molar-refractivity contribution in [3.63, 3.8) is 0 Å². The van der Waals surface area contributed by atoms with Crippen molar-refractivity contribution in [3.05, 3.63) is 0 Å². The molecule has 1 saturated heterocycles. The van der Waals surface area contributed by atoms with Crippen LogP contribution in [0.4, 0.5) is 0 Å². The van der Waals surface area contributed by atoms with E-state index in [0.717, 1.165) is 13.0 Å². The third-order valence-electron chi connectivity index (χ3n) is 1.76. The number of hydrogen-bond acceptors (Lipinski definition) is 2. The van der Waals surface area contributed by atoms with E-state index in [4.69, 9.17) is 4.74 Å². The van der Waals surface area contributed by atoms with Gasteiger partial charge in [-0.05, 0) is 19.9 Å². The van der Waals surface area contributed by atoms with Crippen molar-refractivity contribution < 1.29 is 4.74 Å². The Balaban J connectivity index is 0.000000640. The van der Waals surface area contributed by atoms with Crippen LogP contribution in [-0.4, -0.2) is 25.8 Å². The van der Waals surface area contributed by atoms with E-state index < -0.39 is 0 Å². The Morgan fingerprint density at radius 1 is 1.56 bits per heavy atom. The van der Waals surface area contributed by atoms with Crippen LogP contribution in [0.5, 0.6) is 0 Å². The van der Waals surface area contributed by atoms with Gasteiger partial charge in [-0.15, -0.1) is 12.4 Å². The minimum Gasteiger partial charge on any atom is -0.380 e. The summed E-state index contributed by atoms with van der Waals surface area (Å²) in [5.74, 6) is 0. The largest absolute Gasteiger partial charge is 0.380 e. The molecule has 0 aromatic rings. The molecule has 1 N–H and O–H groups in total. The van der Waals surface area contributed by atoms with Gasteiger partial charge in [0.1, 0.15) is 0 Å². The maximum absolute atomic E-state index is 5.16. The Hall–Kier alpha value is 0.210. The molecule has 9 heavy (non-hydrogen) atoms. The summed E-state index contributed by atoms with van der Waals surface area (Å²) in [4.78, 5) is 0. The summed E-state index contributed by atoms with van der Waals surface area (Å²) in [6.45, 7) is 3.26. The molecule has 0 saturated carbocycles. The van der Waals surface area contributed by atoms with Crippen LogP contribution in [0.3, 0.4) is 0 Å². The van der Waals surface area contributed by atoms with Gasteiger partial charge >= 0.3 is 0 Å². The Kier molecular flexibility index (Phi) is 4.19. The molecule has 0 aromatic heterocycles. The first-order valence-electron chi connectivity index (χ1n) is 3.11. The zero-order valence-corrected chi connectivity index (χ0v) is 6.70.